The van der Waals surface area contributed by atoms with Gasteiger partial charge in [-0.25, -0.2) is 0 Å². The van der Waals surface area contributed by atoms with Crippen LogP contribution in [0.4, 0.5) is 0 Å². The molecule has 0 aliphatic carbocycles. The smallest absolute Gasteiger partial charge is 0.328 e. The van der Waals surface area contributed by atoms with Gasteiger partial charge in [0.1, 0.15) is 0 Å². The van der Waals surface area contributed by atoms with Gasteiger partial charge in [-0.05, 0) is 37.0 Å². The van der Waals surface area contributed by atoms with Crippen molar-refractivity contribution in [1.29, 1.82) is 0 Å². The van der Waals surface area contributed by atoms with Crippen molar-refractivity contribution in [2.24, 2.45) is 5.92 Å². The summed E-state index contributed by atoms with van der Waals surface area (Å²) in [5.41, 5.74) is -1.28. The minimum atomic E-state index is -1.68. The molecule has 2 atom stereocenters. The molecule has 4 nitrogen and oxygen atoms in total. The third-order valence-electron chi connectivity index (χ3n) is 3.68. The Morgan fingerprint density at radius 1 is 1.29 bits per heavy atom. The van der Waals surface area contributed by atoms with Gasteiger partial charge in [0.2, 0.25) is 0 Å². The quantitative estimate of drug-likeness (QED) is 0.616. The lowest BCUT2D eigenvalue weighted by Crippen LogP contribution is -2.46. The fourth-order valence-electron chi connectivity index (χ4n) is 2.27. The van der Waals surface area contributed by atoms with Gasteiger partial charge in [-0.3, -0.25) is 9.59 Å². The van der Waals surface area contributed by atoms with Crippen molar-refractivity contribution in [3.8, 4) is 0 Å². The highest BCUT2D eigenvalue weighted by Crippen LogP contribution is 2.35. The Balaban J connectivity index is 3.39. The lowest BCUT2D eigenvalue weighted by molar-refractivity contribution is -0.162. The Labute approximate surface area is 130 Å². The van der Waals surface area contributed by atoms with E-state index in [0.29, 0.717) is 10.6 Å². The number of hydrogen-bond donors (Lipinski definition) is 1. The van der Waals surface area contributed by atoms with Crippen molar-refractivity contribution >= 4 is 23.5 Å². The van der Waals surface area contributed by atoms with Crippen LogP contribution in [0, 0.1) is 5.92 Å². The Morgan fingerprint density at radius 3 is 2.29 bits per heavy atom. The fourth-order valence-corrected chi connectivity index (χ4v) is 2.40. The molecule has 0 aromatic heterocycles. The van der Waals surface area contributed by atoms with Crippen molar-refractivity contribution in [3.63, 3.8) is 0 Å². The summed E-state index contributed by atoms with van der Waals surface area (Å²) >= 11 is 5.85. The van der Waals surface area contributed by atoms with E-state index >= 15 is 0 Å². The number of carbonyl (C=O) groups excluding carboxylic acids is 1. The van der Waals surface area contributed by atoms with Crippen LogP contribution in [-0.2, 0) is 19.7 Å². The first-order valence-corrected chi connectivity index (χ1v) is 7.42. The second-order valence-electron chi connectivity index (χ2n) is 5.16. The molecule has 0 fully saturated rings. The fraction of sp³-hybridized carbons (Fsp3) is 0.500. The van der Waals surface area contributed by atoms with E-state index in [1.54, 1.807) is 31.2 Å². The van der Waals surface area contributed by atoms with Crippen LogP contribution in [0.1, 0.15) is 39.2 Å². The highest BCUT2D eigenvalue weighted by atomic mass is 35.5. The maximum Gasteiger partial charge on any atom is 0.328 e. The normalized spacial score (nSPS) is 15.0. The van der Waals surface area contributed by atoms with Crippen LogP contribution in [0.5, 0.6) is 0 Å². The summed E-state index contributed by atoms with van der Waals surface area (Å²) in [6, 6.07) is 6.33. The number of carbonyl (C=O) groups is 2. The molecule has 0 amide bonds. The molecule has 0 radical (unpaired) electrons. The molecule has 5 heteroatoms. The third-order valence-corrected chi connectivity index (χ3v) is 3.93. The number of ether oxygens (including phenoxy) is 1. The van der Waals surface area contributed by atoms with Gasteiger partial charge in [-0.2, -0.15) is 0 Å². The summed E-state index contributed by atoms with van der Waals surface area (Å²) in [5.74, 6) is -1.84. The average Bonchev–Trinajstić information content (AvgIpc) is 2.45. The van der Waals surface area contributed by atoms with Crippen LogP contribution in [0.2, 0.25) is 5.02 Å². The van der Waals surface area contributed by atoms with Crippen LogP contribution in [0.3, 0.4) is 0 Å². The molecule has 0 saturated heterocycles. The van der Waals surface area contributed by atoms with E-state index in [1.165, 1.54) is 0 Å². The Bertz CT molecular complexity index is 498. The average molecular weight is 313 g/mol. The predicted octanol–water partition coefficient (Wildman–Crippen LogP) is 3.66. The molecule has 0 aliphatic rings. The molecule has 2 unspecified atom stereocenters. The highest BCUT2D eigenvalue weighted by molar-refractivity contribution is 6.30. The van der Waals surface area contributed by atoms with Crippen molar-refractivity contribution in [2.75, 3.05) is 6.61 Å². The number of esters is 1. The summed E-state index contributed by atoms with van der Waals surface area (Å²) in [7, 11) is 0. The van der Waals surface area contributed by atoms with E-state index in [4.69, 9.17) is 16.3 Å². The number of hydrogen-bond acceptors (Lipinski definition) is 3. The molecular weight excluding hydrogens is 292 g/mol. The number of rotatable bonds is 7. The Hall–Kier alpha value is -1.55. The van der Waals surface area contributed by atoms with Gasteiger partial charge in [-0.1, -0.05) is 44.0 Å². The van der Waals surface area contributed by atoms with Gasteiger partial charge in [-0.15, -0.1) is 0 Å². The first-order valence-electron chi connectivity index (χ1n) is 7.05. The number of carboxylic acids is 1. The molecule has 1 aromatic carbocycles. The van der Waals surface area contributed by atoms with Gasteiger partial charge < -0.3 is 9.84 Å². The van der Waals surface area contributed by atoms with Gasteiger partial charge in [0.05, 0.1) is 6.61 Å². The van der Waals surface area contributed by atoms with Crippen LogP contribution < -0.4 is 0 Å². The van der Waals surface area contributed by atoms with Crippen LogP contribution in [0.25, 0.3) is 0 Å². The largest absolute Gasteiger partial charge is 0.480 e. The maximum absolute atomic E-state index is 12.4. The van der Waals surface area contributed by atoms with Crippen molar-refractivity contribution < 1.29 is 19.4 Å². The summed E-state index contributed by atoms with van der Waals surface area (Å²) in [6.07, 6.45) is 0.974. The summed E-state index contributed by atoms with van der Waals surface area (Å²) in [4.78, 5) is 24.3. The van der Waals surface area contributed by atoms with Crippen LogP contribution in [-0.4, -0.2) is 23.7 Å². The number of aliphatic carboxylic acids is 1. The topological polar surface area (TPSA) is 63.6 Å². The molecule has 1 N–H and O–H groups in total. The minimum absolute atomic E-state index is 0.0705. The minimum Gasteiger partial charge on any atom is -0.480 e. The van der Waals surface area contributed by atoms with Gasteiger partial charge >= 0.3 is 11.9 Å². The molecule has 0 heterocycles. The van der Waals surface area contributed by atoms with E-state index in [1.807, 2.05) is 13.8 Å². The predicted molar refractivity (Wildman–Crippen MR) is 81.5 cm³/mol. The molecule has 0 bridgehead atoms. The second kappa shape index (κ2) is 7.46. The van der Waals surface area contributed by atoms with E-state index in [2.05, 4.69) is 0 Å². The van der Waals surface area contributed by atoms with Crippen molar-refractivity contribution in [1.82, 2.24) is 0 Å². The summed E-state index contributed by atoms with van der Waals surface area (Å²) in [6.45, 7) is 5.69. The number of benzene rings is 1. The van der Waals surface area contributed by atoms with E-state index in [0.717, 1.165) is 6.42 Å². The van der Waals surface area contributed by atoms with E-state index < -0.39 is 17.4 Å². The highest BCUT2D eigenvalue weighted by Gasteiger charge is 2.49. The summed E-state index contributed by atoms with van der Waals surface area (Å²) in [5, 5.41) is 10.2. The molecule has 0 saturated carbocycles. The zero-order chi connectivity index (χ0) is 16.0. The standard InChI is InChI=1S/C16H21ClO4/c1-4-11(3)10-16(14(18)19,15(20)21-5-2)12-6-8-13(17)9-7-12/h6-9,11H,4-5,10H2,1-3H3,(H,18,19). The Kier molecular flexibility index (Phi) is 6.21. The second-order valence-corrected chi connectivity index (χ2v) is 5.59. The van der Waals surface area contributed by atoms with Crippen LogP contribution >= 0.6 is 11.6 Å². The first kappa shape index (κ1) is 17.5. The zero-order valence-electron chi connectivity index (χ0n) is 12.6. The monoisotopic (exact) mass is 312 g/mol. The molecule has 21 heavy (non-hydrogen) atoms. The van der Waals surface area contributed by atoms with E-state index in [9.17, 15) is 14.7 Å². The molecule has 0 aliphatic heterocycles. The summed E-state index contributed by atoms with van der Waals surface area (Å²) < 4.78 is 5.05. The van der Waals surface area contributed by atoms with Crippen molar-refractivity contribution in [2.45, 2.75) is 39.0 Å². The first-order chi connectivity index (χ1) is 9.88. The maximum atomic E-state index is 12.4. The van der Waals surface area contributed by atoms with Gasteiger partial charge in [0, 0.05) is 5.02 Å². The third kappa shape index (κ3) is 3.76. The molecule has 1 aromatic rings. The molecule has 116 valence electrons. The molecule has 0 spiro atoms. The zero-order valence-corrected chi connectivity index (χ0v) is 13.3. The number of halogens is 1. The van der Waals surface area contributed by atoms with Gasteiger partial charge in [0.25, 0.3) is 0 Å². The Morgan fingerprint density at radius 2 is 1.86 bits per heavy atom. The van der Waals surface area contributed by atoms with Crippen molar-refractivity contribution in [3.05, 3.63) is 34.9 Å². The van der Waals surface area contributed by atoms with Crippen LogP contribution in [0.15, 0.2) is 24.3 Å². The van der Waals surface area contributed by atoms with Gasteiger partial charge in [0.15, 0.2) is 5.41 Å². The lowest BCUT2D eigenvalue weighted by atomic mass is 9.73. The SMILES string of the molecule is CCOC(=O)C(CC(C)CC)(C(=O)O)c1ccc(Cl)cc1. The number of carboxylic acid groups (broad SMARTS) is 1. The van der Waals surface area contributed by atoms with E-state index in [-0.39, 0.29) is 18.9 Å². The molecular formula is C16H21ClO4. The molecule has 1 rings (SSSR count). The lowest BCUT2D eigenvalue weighted by Gasteiger charge is -2.30.